The molecule has 0 aliphatic rings. The molecule has 3 nitrogen and oxygen atoms in total. The average Bonchev–Trinajstić information content (AvgIpc) is 2.77. The molecule has 19 heavy (non-hydrogen) atoms. The maximum atomic E-state index is 13.0. The highest BCUT2D eigenvalue weighted by atomic mass is 19.1. The molecule has 0 saturated carbocycles. The lowest BCUT2D eigenvalue weighted by atomic mass is 10.1. The molecular formula is C15H20FN3. The minimum absolute atomic E-state index is 0.161. The normalized spacial score (nSPS) is 10.9. The van der Waals surface area contributed by atoms with E-state index in [2.05, 4.69) is 10.4 Å². The number of rotatable bonds is 6. The van der Waals surface area contributed by atoms with E-state index >= 15 is 0 Å². The van der Waals surface area contributed by atoms with Gasteiger partial charge in [0.05, 0.1) is 6.20 Å². The summed E-state index contributed by atoms with van der Waals surface area (Å²) in [5.41, 5.74) is 3.47. The molecule has 0 unspecified atom stereocenters. The summed E-state index contributed by atoms with van der Waals surface area (Å²) in [5, 5.41) is 7.54. The second kappa shape index (κ2) is 6.48. The summed E-state index contributed by atoms with van der Waals surface area (Å²) in [6.07, 6.45) is 5.84. The third kappa shape index (κ3) is 4.17. The highest BCUT2D eigenvalue weighted by molar-refractivity contribution is 5.26. The van der Waals surface area contributed by atoms with E-state index in [-0.39, 0.29) is 5.82 Å². The molecule has 0 fully saturated rings. The largest absolute Gasteiger partial charge is 0.316 e. The van der Waals surface area contributed by atoms with Crippen molar-refractivity contribution < 1.29 is 4.39 Å². The summed E-state index contributed by atoms with van der Waals surface area (Å²) >= 11 is 0. The lowest BCUT2D eigenvalue weighted by Gasteiger charge is -2.07. The highest BCUT2D eigenvalue weighted by Crippen LogP contribution is 2.10. The van der Waals surface area contributed by atoms with Gasteiger partial charge < -0.3 is 5.32 Å². The fourth-order valence-electron chi connectivity index (χ4n) is 2.12. The van der Waals surface area contributed by atoms with Crippen LogP contribution in [0, 0.1) is 12.7 Å². The second-order valence-electron chi connectivity index (χ2n) is 4.84. The number of benzene rings is 1. The maximum absolute atomic E-state index is 13.0. The van der Waals surface area contributed by atoms with Crippen molar-refractivity contribution in [3.05, 3.63) is 53.1 Å². The topological polar surface area (TPSA) is 29.9 Å². The van der Waals surface area contributed by atoms with Crippen LogP contribution in [0.25, 0.3) is 0 Å². The molecule has 1 aromatic carbocycles. The molecule has 2 rings (SSSR count). The summed E-state index contributed by atoms with van der Waals surface area (Å²) in [5.74, 6) is -0.161. The third-order valence-corrected chi connectivity index (χ3v) is 3.22. The highest BCUT2D eigenvalue weighted by Gasteiger charge is 2.00. The van der Waals surface area contributed by atoms with E-state index in [4.69, 9.17) is 0 Å². The Morgan fingerprint density at radius 1 is 1.26 bits per heavy atom. The number of hydrogen-bond donors (Lipinski definition) is 1. The Morgan fingerprint density at radius 3 is 2.74 bits per heavy atom. The molecule has 1 N–H and O–H groups in total. The van der Waals surface area contributed by atoms with Gasteiger partial charge >= 0.3 is 0 Å². The lowest BCUT2D eigenvalue weighted by Crippen LogP contribution is -2.20. The molecule has 0 bridgehead atoms. The smallest absolute Gasteiger partial charge is 0.123 e. The molecule has 1 aromatic heterocycles. The molecular weight excluding hydrogens is 241 g/mol. The van der Waals surface area contributed by atoms with E-state index in [0.717, 1.165) is 31.5 Å². The minimum Gasteiger partial charge on any atom is -0.316 e. The first-order valence-electron chi connectivity index (χ1n) is 6.58. The lowest BCUT2D eigenvalue weighted by molar-refractivity contribution is 0.624. The minimum atomic E-state index is -0.161. The molecule has 0 aliphatic carbocycles. The van der Waals surface area contributed by atoms with E-state index in [1.165, 1.54) is 17.2 Å². The average molecular weight is 261 g/mol. The summed E-state index contributed by atoms with van der Waals surface area (Å²) in [7, 11) is 1.92. The standard InChI is InChI=1S/C15H20FN3/c1-12-9-15(16)4-3-14(12)6-8-17-7-5-13-10-18-19(2)11-13/h3-4,9-11,17H,5-8H2,1-2H3. The van der Waals surface area contributed by atoms with Gasteiger partial charge in [0.15, 0.2) is 0 Å². The molecule has 0 saturated heterocycles. The number of aromatic nitrogens is 2. The van der Waals surface area contributed by atoms with Crippen LogP contribution < -0.4 is 5.32 Å². The van der Waals surface area contributed by atoms with Gasteiger partial charge in [-0.25, -0.2) is 4.39 Å². The van der Waals surface area contributed by atoms with Gasteiger partial charge in [0.2, 0.25) is 0 Å². The zero-order chi connectivity index (χ0) is 13.7. The van der Waals surface area contributed by atoms with Gasteiger partial charge in [-0.3, -0.25) is 4.68 Å². The van der Waals surface area contributed by atoms with E-state index in [1.807, 2.05) is 37.1 Å². The van der Waals surface area contributed by atoms with Gasteiger partial charge in [0.1, 0.15) is 5.82 Å². The second-order valence-corrected chi connectivity index (χ2v) is 4.84. The van der Waals surface area contributed by atoms with Crippen LogP contribution in [0.2, 0.25) is 0 Å². The van der Waals surface area contributed by atoms with Crippen molar-refractivity contribution in [2.24, 2.45) is 7.05 Å². The van der Waals surface area contributed by atoms with Crippen LogP contribution in [-0.4, -0.2) is 22.9 Å². The van der Waals surface area contributed by atoms with Crippen molar-refractivity contribution in [2.75, 3.05) is 13.1 Å². The Labute approximate surface area is 113 Å². The molecule has 4 heteroatoms. The van der Waals surface area contributed by atoms with Crippen LogP contribution in [-0.2, 0) is 19.9 Å². The Morgan fingerprint density at radius 2 is 2.05 bits per heavy atom. The third-order valence-electron chi connectivity index (χ3n) is 3.22. The number of halogens is 1. The van der Waals surface area contributed by atoms with Crippen LogP contribution in [0.3, 0.4) is 0 Å². The Bertz CT molecular complexity index is 534. The zero-order valence-electron chi connectivity index (χ0n) is 11.5. The monoisotopic (exact) mass is 261 g/mol. The van der Waals surface area contributed by atoms with Gasteiger partial charge in [-0.05, 0) is 61.7 Å². The van der Waals surface area contributed by atoms with Crippen molar-refractivity contribution in [3.8, 4) is 0 Å². The fourth-order valence-corrected chi connectivity index (χ4v) is 2.12. The van der Waals surface area contributed by atoms with Crippen molar-refractivity contribution in [1.29, 1.82) is 0 Å². The fraction of sp³-hybridized carbons (Fsp3) is 0.400. The maximum Gasteiger partial charge on any atom is 0.123 e. The van der Waals surface area contributed by atoms with Crippen molar-refractivity contribution in [3.63, 3.8) is 0 Å². The van der Waals surface area contributed by atoms with Crippen LogP contribution in [0.1, 0.15) is 16.7 Å². The van der Waals surface area contributed by atoms with Gasteiger partial charge in [-0.15, -0.1) is 0 Å². The molecule has 0 atom stereocenters. The molecule has 102 valence electrons. The first-order chi connectivity index (χ1) is 9.15. The molecule has 0 radical (unpaired) electrons. The molecule has 2 aromatic rings. The Kier molecular flexibility index (Phi) is 4.68. The number of aryl methyl sites for hydroxylation is 2. The summed E-state index contributed by atoms with van der Waals surface area (Å²) in [4.78, 5) is 0. The van der Waals surface area contributed by atoms with Crippen molar-refractivity contribution >= 4 is 0 Å². The first-order valence-corrected chi connectivity index (χ1v) is 6.58. The molecule has 0 aliphatic heterocycles. The number of nitrogens with one attached hydrogen (secondary N) is 1. The van der Waals surface area contributed by atoms with Gasteiger partial charge in [0.25, 0.3) is 0 Å². The molecule has 1 heterocycles. The van der Waals surface area contributed by atoms with Crippen LogP contribution in [0.4, 0.5) is 4.39 Å². The SMILES string of the molecule is Cc1cc(F)ccc1CCNCCc1cnn(C)c1. The summed E-state index contributed by atoms with van der Waals surface area (Å²) < 4.78 is 14.8. The van der Waals surface area contributed by atoms with Crippen molar-refractivity contribution in [1.82, 2.24) is 15.1 Å². The Hall–Kier alpha value is -1.68. The van der Waals surface area contributed by atoms with Crippen LogP contribution in [0.5, 0.6) is 0 Å². The van der Waals surface area contributed by atoms with Gasteiger partial charge in [-0.1, -0.05) is 6.07 Å². The van der Waals surface area contributed by atoms with Crippen LogP contribution >= 0.6 is 0 Å². The first kappa shape index (κ1) is 13.7. The molecule has 0 amide bonds. The Balaban J connectivity index is 1.69. The quantitative estimate of drug-likeness (QED) is 0.808. The van der Waals surface area contributed by atoms with Gasteiger partial charge in [0, 0.05) is 13.2 Å². The van der Waals surface area contributed by atoms with Crippen LogP contribution in [0.15, 0.2) is 30.6 Å². The number of hydrogen-bond acceptors (Lipinski definition) is 2. The summed E-state index contributed by atoms with van der Waals surface area (Å²) in [6.45, 7) is 3.80. The number of nitrogens with zero attached hydrogens (tertiary/aromatic N) is 2. The predicted molar refractivity (Wildman–Crippen MR) is 74.6 cm³/mol. The van der Waals surface area contributed by atoms with Gasteiger partial charge in [-0.2, -0.15) is 5.10 Å². The summed E-state index contributed by atoms with van der Waals surface area (Å²) in [6, 6.07) is 4.98. The molecule has 0 spiro atoms. The van der Waals surface area contributed by atoms with E-state index in [0.29, 0.717) is 0 Å². The predicted octanol–water partition coefficient (Wildman–Crippen LogP) is 2.24. The van der Waals surface area contributed by atoms with E-state index < -0.39 is 0 Å². The van der Waals surface area contributed by atoms with Crippen molar-refractivity contribution in [2.45, 2.75) is 19.8 Å². The van der Waals surface area contributed by atoms with E-state index in [9.17, 15) is 4.39 Å². The zero-order valence-corrected chi connectivity index (χ0v) is 11.5. The van der Waals surface area contributed by atoms with E-state index in [1.54, 1.807) is 6.07 Å².